The average Bonchev–Trinajstić information content (AvgIpc) is 3.17. The average molecular weight is 417 g/mol. The van der Waals surface area contributed by atoms with Crippen molar-refractivity contribution in [3.63, 3.8) is 0 Å². The highest BCUT2D eigenvalue weighted by molar-refractivity contribution is 7.89. The third-order valence-electron chi connectivity index (χ3n) is 5.23. The SMILES string of the molecule is CCS(=O)(=O)N1CCC(Nc2ncc3c(-c4ccccc4OC)[nH]nc3n2)CC1. The number of H-pyrrole nitrogens is 1. The number of aromatic amines is 1. The van der Waals surface area contributed by atoms with Crippen molar-refractivity contribution in [1.29, 1.82) is 0 Å². The summed E-state index contributed by atoms with van der Waals surface area (Å²) in [5.41, 5.74) is 2.27. The van der Waals surface area contributed by atoms with Crippen molar-refractivity contribution in [3.05, 3.63) is 30.5 Å². The second-order valence-electron chi connectivity index (χ2n) is 6.95. The minimum absolute atomic E-state index is 0.128. The van der Waals surface area contributed by atoms with E-state index in [1.165, 1.54) is 0 Å². The number of para-hydroxylation sites is 1. The van der Waals surface area contributed by atoms with Gasteiger partial charge in [-0.2, -0.15) is 10.1 Å². The van der Waals surface area contributed by atoms with E-state index >= 15 is 0 Å². The molecule has 0 aliphatic carbocycles. The van der Waals surface area contributed by atoms with Crippen molar-refractivity contribution in [3.8, 4) is 17.0 Å². The van der Waals surface area contributed by atoms with Gasteiger partial charge in [0.15, 0.2) is 5.65 Å². The highest BCUT2D eigenvalue weighted by atomic mass is 32.2. The van der Waals surface area contributed by atoms with Gasteiger partial charge in [0.25, 0.3) is 0 Å². The van der Waals surface area contributed by atoms with Crippen molar-refractivity contribution in [2.24, 2.45) is 0 Å². The monoisotopic (exact) mass is 416 g/mol. The predicted molar refractivity (Wildman–Crippen MR) is 111 cm³/mol. The summed E-state index contributed by atoms with van der Waals surface area (Å²) in [5.74, 6) is 1.37. The second kappa shape index (κ2) is 7.96. The van der Waals surface area contributed by atoms with Gasteiger partial charge in [-0.05, 0) is 31.9 Å². The van der Waals surface area contributed by atoms with Crippen LogP contribution >= 0.6 is 0 Å². The maximum absolute atomic E-state index is 12.0. The van der Waals surface area contributed by atoms with Crippen LogP contribution in [0.1, 0.15) is 19.8 Å². The van der Waals surface area contributed by atoms with E-state index in [4.69, 9.17) is 4.74 Å². The molecule has 0 unspecified atom stereocenters. The molecule has 0 saturated carbocycles. The fourth-order valence-electron chi connectivity index (χ4n) is 3.57. The molecule has 3 heterocycles. The lowest BCUT2D eigenvalue weighted by atomic mass is 10.1. The summed E-state index contributed by atoms with van der Waals surface area (Å²) in [6.45, 7) is 2.69. The standard InChI is InChI=1S/C19H24N6O3S/c1-3-29(26,27)25-10-8-13(9-11-25)21-19-20-12-15-17(23-24-18(15)22-19)14-6-4-5-7-16(14)28-2/h4-7,12-13H,3,8-11H2,1-2H3,(H2,20,21,22,23,24). The maximum atomic E-state index is 12.0. The van der Waals surface area contributed by atoms with Crippen LogP contribution in [0.4, 0.5) is 5.95 Å². The van der Waals surface area contributed by atoms with Gasteiger partial charge in [0, 0.05) is 30.9 Å². The summed E-state index contributed by atoms with van der Waals surface area (Å²) in [4.78, 5) is 8.96. The molecule has 0 atom stereocenters. The highest BCUT2D eigenvalue weighted by Crippen LogP contribution is 2.32. The first-order valence-corrected chi connectivity index (χ1v) is 11.2. The van der Waals surface area contributed by atoms with Gasteiger partial charge in [-0.25, -0.2) is 17.7 Å². The number of piperidine rings is 1. The Morgan fingerprint density at radius 2 is 2.03 bits per heavy atom. The lowest BCUT2D eigenvalue weighted by molar-refractivity contribution is 0.329. The quantitative estimate of drug-likeness (QED) is 0.634. The van der Waals surface area contributed by atoms with Crippen molar-refractivity contribution < 1.29 is 13.2 Å². The number of nitrogens with one attached hydrogen (secondary N) is 2. The van der Waals surface area contributed by atoms with Crippen molar-refractivity contribution in [1.82, 2.24) is 24.5 Å². The Morgan fingerprint density at radius 3 is 2.76 bits per heavy atom. The molecule has 1 fully saturated rings. The number of nitrogens with zero attached hydrogens (tertiary/aromatic N) is 4. The number of hydrogen-bond acceptors (Lipinski definition) is 7. The van der Waals surface area contributed by atoms with Gasteiger partial charge in [0.1, 0.15) is 5.75 Å². The smallest absolute Gasteiger partial charge is 0.224 e. The van der Waals surface area contributed by atoms with Crippen molar-refractivity contribution in [2.45, 2.75) is 25.8 Å². The van der Waals surface area contributed by atoms with Crippen LogP contribution in [-0.2, 0) is 10.0 Å². The minimum atomic E-state index is -3.13. The van der Waals surface area contributed by atoms with Gasteiger partial charge in [0.05, 0.1) is 23.9 Å². The van der Waals surface area contributed by atoms with Crippen molar-refractivity contribution in [2.75, 3.05) is 31.3 Å². The second-order valence-corrected chi connectivity index (χ2v) is 9.21. The lowest BCUT2D eigenvalue weighted by Crippen LogP contribution is -2.43. The molecule has 1 aliphatic rings. The molecule has 0 spiro atoms. The van der Waals surface area contributed by atoms with Crippen LogP contribution in [0.3, 0.4) is 0 Å². The zero-order valence-corrected chi connectivity index (χ0v) is 17.2. The number of sulfonamides is 1. The summed E-state index contributed by atoms with van der Waals surface area (Å²) in [6.07, 6.45) is 3.17. The fourth-order valence-corrected chi connectivity index (χ4v) is 4.71. The van der Waals surface area contributed by atoms with Gasteiger partial charge < -0.3 is 10.1 Å². The van der Waals surface area contributed by atoms with Crippen LogP contribution in [0.5, 0.6) is 5.75 Å². The summed E-state index contributed by atoms with van der Waals surface area (Å²) in [5, 5.41) is 11.5. The minimum Gasteiger partial charge on any atom is -0.496 e. The van der Waals surface area contributed by atoms with E-state index in [9.17, 15) is 8.42 Å². The molecule has 9 nitrogen and oxygen atoms in total. The maximum Gasteiger partial charge on any atom is 0.224 e. The van der Waals surface area contributed by atoms with Gasteiger partial charge in [-0.3, -0.25) is 5.10 Å². The summed E-state index contributed by atoms with van der Waals surface area (Å²) in [6, 6.07) is 7.83. The van der Waals surface area contributed by atoms with Crippen LogP contribution in [0.25, 0.3) is 22.3 Å². The number of hydrogen-bond donors (Lipinski definition) is 2. The first kappa shape index (κ1) is 19.6. The Bertz CT molecular complexity index is 1110. The number of ether oxygens (including phenoxy) is 1. The normalized spacial score (nSPS) is 16.2. The molecule has 29 heavy (non-hydrogen) atoms. The van der Waals surface area contributed by atoms with E-state index < -0.39 is 10.0 Å². The van der Waals surface area contributed by atoms with Gasteiger partial charge in [-0.15, -0.1) is 0 Å². The van der Waals surface area contributed by atoms with Crippen LogP contribution in [0.15, 0.2) is 30.5 Å². The highest BCUT2D eigenvalue weighted by Gasteiger charge is 2.27. The van der Waals surface area contributed by atoms with Crippen LogP contribution in [0.2, 0.25) is 0 Å². The fraction of sp³-hybridized carbons (Fsp3) is 0.421. The third kappa shape index (κ3) is 3.90. The zero-order valence-electron chi connectivity index (χ0n) is 16.4. The van der Waals surface area contributed by atoms with E-state index in [1.807, 2.05) is 24.3 Å². The van der Waals surface area contributed by atoms with E-state index in [0.29, 0.717) is 37.5 Å². The number of fused-ring (bicyclic) bond motifs is 1. The van der Waals surface area contributed by atoms with Crippen LogP contribution < -0.4 is 10.1 Å². The first-order valence-electron chi connectivity index (χ1n) is 9.60. The largest absolute Gasteiger partial charge is 0.496 e. The van der Waals surface area contributed by atoms with Gasteiger partial charge >= 0.3 is 0 Å². The molecule has 2 N–H and O–H groups in total. The predicted octanol–water partition coefficient (Wildman–Crippen LogP) is 2.25. The number of anilines is 1. The Morgan fingerprint density at radius 1 is 1.28 bits per heavy atom. The molecular weight excluding hydrogens is 392 g/mol. The Labute approximate surface area is 169 Å². The molecule has 1 aromatic carbocycles. The molecular formula is C19H24N6O3S. The molecule has 1 aliphatic heterocycles. The zero-order chi connectivity index (χ0) is 20.4. The summed E-state index contributed by atoms with van der Waals surface area (Å²) < 4.78 is 31.0. The molecule has 4 rings (SSSR count). The summed E-state index contributed by atoms with van der Waals surface area (Å²) >= 11 is 0. The van der Waals surface area contributed by atoms with Crippen LogP contribution in [0, 0.1) is 0 Å². The molecule has 154 valence electrons. The molecule has 10 heteroatoms. The Kier molecular flexibility index (Phi) is 5.37. The molecule has 0 radical (unpaired) electrons. The number of methoxy groups -OCH3 is 1. The molecule has 2 aromatic heterocycles. The van der Waals surface area contributed by atoms with Gasteiger partial charge in [-0.1, -0.05) is 12.1 Å². The molecule has 3 aromatic rings. The number of rotatable bonds is 6. The van der Waals surface area contributed by atoms with E-state index in [1.54, 1.807) is 24.5 Å². The van der Waals surface area contributed by atoms with E-state index in [-0.39, 0.29) is 11.8 Å². The topological polar surface area (TPSA) is 113 Å². The first-order chi connectivity index (χ1) is 14.0. The van der Waals surface area contributed by atoms with E-state index in [0.717, 1.165) is 22.4 Å². The number of aromatic nitrogens is 4. The Balaban J connectivity index is 1.50. The Hall–Kier alpha value is -2.72. The van der Waals surface area contributed by atoms with E-state index in [2.05, 4.69) is 25.5 Å². The third-order valence-corrected chi connectivity index (χ3v) is 7.11. The lowest BCUT2D eigenvalue weighted by Gasteiger charge is -2.31. The molecule has 1 saturated heterocycles. The van der Waals surface area contributed by atoms with Crippen LogP contribution in [-0.4, -0.2) is 64.9 Å². The summed E-state index contributed by atoms with van der Waals surface area (Å²) in [7, 11) is -1.49. The molecule has 0 amide bonds. The molecule has 0 bridgehead atoms. The number of benzene rings is 1. The van der Waals surface area contributed by atoms with Crippen molar-refractivity contribution >= 4 is 27.0 Å². The van der Waals surface area contributed by atoms with Gasteiger partial charge in [0.2, 0.25) is 16.0 Å².